The number of nitrogens with zero attached hydrogens (tertiary/aromatic N) is 3. The van der Waals surface area contributed by atoms with Gasteiger partial charge in [0.2, 0.25) is 0 Å². The molecular formula is C17H18N4O5. The molecule has 0 unspecified atom stereocenters. The van der Waals surface area contributed by atoms with E-state index in [1.807, 2.05) is 26.8 Å². The second-order valence-corrected chi connectivity index (χ2v) is 5.77. The molecule has 2 rings (SSSR count). The average Bonchev–Trinajstić information content (AvgIpc) is 2.57. The molecule has 2 N–H and O–H groups in total. The van der Waals surface area contributed by atoms with Gasteiger partial charge in [0, 0.05) is 11.6 Å². The fraction of sp³-hybridized carbons (Fsp3) is 0.235. The SMILES string of the molecule is Cc1cc(C)c(CO)c(C)c1C=NNc1ccc([N+](=O)[O-])cc1[N+](=O)[O-]. The van der Waals surface area contributed by atoms with Gasteiger partial charge in [-0.05, 0) is 49.1 Å². The van der Waals surface area contributed by atoms with Gasteiger partial charge < -0.3 is 5.11 Å². The van der Waals surface area contributed by atoms with E-state index in [2.05, 4.69) is 10.5 Å². The van der Waals surface area contributed by atoms with E-state index in [9.17, 15) is 25.3 Å². The summed E-state index contributed by atoms with van der Waals surface area (Å²) < 4.78 is 0. The smallest absolute Gasteiger partial charge is 0.301 e. The van der Waals surface area contributed by atoms with Gasteiger partial charge in [0.05, 0.1) is 28.7 Å². The number of aliphatic hydroxyl groups is 1. The van der Waals surface area contributed by atoms with Crippen LogP contribution in [0.2, 0.25) is 0 Å². The first kappa shape index (κ1) is 19.0. The molecule has 2 aromatic carbocycles. The fourth-order valence-electron chi connectivity index (χ4n) is 2.73. The first-order valence-electron chi connectivity index (χ1n) is 7.68. The molecule has 0 fully saturated rings. The van der Waals surface area contributed by atoms with Gasteiger partial charge in [-0.1, -0.05) is 6.07 Å². The van der Waals surface area contributed by atoms with Gasteiger partial charge >= 0.3 is 5.69 Å². The first-order chi connectivity index (χ1) is 12.3. The molecule has 0 amide bonds. The number of hydrazone groups is 1. The van der Waals surface area contributed by atoms with Crippen molar-refractivity contribution in [2.75, 3.05) is 5.43 Å². The van der Waals surface area contributed by atoms with Crippen LogP contribution in [0.15, 0.2) is 29.4 Å². The summed E-state index contributed by atoms with van der Waals surface area (Å²) in [6, 6.07) is 5.21. The van der Waals surface area contributed by atoms with Crippen molar-refractivity contribution in [3.63, 3.8) is 0 Å². The van der Waals surface area contributed by atoms with Crippen LogP contribution in [0.4, 0.5) is 17.1 Å². The molecule has 0 aliphatic carbocycles. The predicted molar refractivity (Wildman–Crippen MR) is 97.5 cm³/mol. The normalized spacial score (nSPS) is 10.9. The molecule has 0 bridgehead atoms. The molecule has 9 nitrogen and oxygen atoms in total. The van der Waals surface area contributed by atoms with E-state index < -0.39 is 15.5 Å². The van der Waals surface area contributed by atoms with Gasteiger partial charge in [0.1, 0.15) is 5.69 Å². The Labute approximate surface area is 149 Å². The summed E-state index contributed by atoms with van der Waals surface area (Å²) >= 11 is 0. The summed E-state index contributed by atoms with van der Waals surface area (Å²) in [5.74, 6) is 0. The van der Waals surface area contributed by atoms with Crippen molar-refractivity contribution in [3.8, 4) is 0 Å². The number of anilines is 1. The highest BCUT2D eigenvalue weighted by Gasteiger charge is 2.19. The second kappa shape index (κ2) is 7.70. The molecule has 2 aromatic rings. The van der Waals surface area contributed by atoms with Crippen LogP contribution in [0.5, 0.6) is 0 Å². The van der Waals surface area contributed by atoms with Crippen molar-refractivity contribution in [2.45, 2.75) is 27.4 Å². The number of benzene rings is 2. The number of rotatable bonds is 6. The number of non-ortho nitro benzene ring substituents is 1. The van der Waals surface area contributed by atoms with Crippen LogP contribution in [-0.2, 0) is 6.61 Å². The van der Waals surface area contributed by atoms with Gasteiger partial charge in [-0.15, -0.1) is 0 Å². The van der Waals surface area contributed by atoms with Gasteiger partial charge in [0.25, 0.3) is 5.69 Å². The maximum Gasteiger partial charge on any atom is 0.301 e. The Morgan fingerprint density at radius 3 is 2.38 bits per heavy atom. The molecular weight excluding hydrogens is 340 g/mol. The zero-order chi connectivity index (χ0) is 19.4. The molecule has 0 aliphatic rings. The Hall–Kier alpha value is -3.33. The summed E-state index contributed by atoms with van der Waals surface area (Å²) in [4.78, 5) is 20.5. The Bertz CT molecular complexity index is 909. The summed E-state index contributed by atoms with van der Waals surface area (Å²) in [6.45, 7) is 5.57. The average molecular weight is 358 g/mol. The minimum absolute atomic E-state index is 0.0432. The van der Waals surface area contributed by atoms with Gasteiger partial charge in [-0.25, -0.2) is 0 Å². The summed E-state index contributed by atoms with van der Waals surface area (Å²) in [7, 11) is 0. The van der Waals surface area contributed by atoms with E-state index in [4.69, 9.17) is 0 Å². The Morgan fingerprint density at radius 2 is 1.81 bits per heavy atom. The van der Waals surface area contributed by atoms with Crippen LogP contribution in [0.3, 0.4) is 0 Å². The molecule has 0 heterocycles. The van der Waals surface area contributed by atoms with Crippen LogP contribution < -0.4 is 5.43 Å². The molecule has 0 aromatic heterocycles. The summed E-state index contributed by atoms with van der Waals surface area (Å²) in [6.07, 6.45) is 1.51. The van der Waals surface area contributed by atoms with Gasteiger partial charge in [-0.3, -0.25) is 25.7 Å². The van der Waals surface area contributed by atoms with E-state index >= 15 is 0 Å². The summed E-state index contributed by atoms with van der Waals surface area (Å²) in [5.41, 5.74) is 6.17. The number of aliphatic hydroxyl groups excluding tert-OH is 1. The van der Waals surface area contributed by atoms with Crippen LogP contribution in [0.1, 0.15) is 27.8 Å². The highest BCUT2D eigenvalue weighted by atomic mass is 16.6. The van der Waals surface area contributed by atoms with Crippen molar-refractivity contribution in [2.24, 2.45) is 5.10 Å². The Morgan fingerprint density at radius 1 is 1.12 bits per heavy atom. The quantitative estimate of drug-likeness (QED) is 0.462. The molecule has 26 heavy (non-hydrogen) atoms. The van der Waals surface area contributed by atoms with Crippen molar-refractivity contribution in [1.82, 2.24) is 0 Å². The second-order valence-electron chi connectivity index (χ2n) is 5.77. The highest BCUT2D eigenvalue weighted by Crippen LogP contribution is 2.29. The van der Waals surface area contributed by atoms with E-state index in [1.54, 1.807) is 0 Å². The van der Waals surface area contributed by atoms with E-state index in [-0.39, 0.29) is 18.0 Å². The number of nitro benzene ring substituents is 2. The third-order valence-corrected chi connectivity index (χ3v) is 4.12. The van der Waals surface area contributed by atoms with Crippen LogP contribution in [0.25, 0.3) is 0 Å². The Kier molecular flexibility index (Phi) is 5.63. The molecule has 0 atom stereocenters. The van der Waals surface area contributed by atoms with Gasteiger partial charge in [-0.2, -0.15) is 5.10 Å². The molecule has 0 spiro atoms. The fourth-order valence-corrected chi connectivity index (χ4v) is 2.73. The molecule has 0 aliphatic heterocycles. The number of nitro groups is 2. The van der Waals surface area contributed by atoms with E-state index in [1.165, 1.54) is 12.3 Å². The molecule has 9 heteroatoms. The van der Waals surface area contributed by atoms with Crippen LogP contribution in [0, 0.1) is 41.0 Å². The largest absolute Gasteiger partial charge is 0.392 e. The first-order valence-corrected chi connectivity index (χ1v) is 7.68. The number of hydrogen-bond acceptors (Lipinski definition) is 7. The number of nitrogens with one attached hydrogen (secondary N) is 1. The minimum Gasteiger partial charge on any atom is -0.392 e. The molecule has 0 saturated heterocycles. The van der Waals surface area contributed by atoms with E-state index in [0.29, 0.717) is 0 Å². The lowest BCUT2D eigenvalue weighted by Crippen LogP contribution is -2.03. The van der Waals surface area contributed by atoms with Crippen LogP contribution >= 0.6 is 0 Å². The maximum atomic E-state index is 11.1. The maximum absolute atomic E-state index is 11.1. The third-order valence-electron chi connectivity index (χ3n) is 4.12. The van der Waals surface area contributed by atoms with Crippen molar-refractivity contribution in [3.05, 3.63) is 72.3 Å². The Balaban J connectivity index is 2.35. The zero-order valence-electron chi connectivity index (χ0n) is 14.5. The lowest BCUT2D eigenvalue weighted by molar-refractivity contribution is -0.393. The van der Waals surface area contributed by atoms with Crippen LogP contribution in [-0.4, -0.2) is 21.2 Å². The predicted octanol–water partition coefficient (Wildman–Crippen LogP) is 3.37. The monoisotopic (exact) mass is 358 g/mol. The lowest BCUT2D eigenvalue weighted by atomic mass is 9.94. The zero-order valence-corrected chi connectivity index (χ0v) is 14.5. The van der Waals surface area contributed by atoms with Crippen molar-refractivity contribution >= 4 is 23.3 Å². The molecule has 136 valence electrons. The summed E-state index contributed by atoms with van der Waals surface area (Å²) in [5, 5.41) is 35.4. The van der Waals surface area contributed by atoms with Crippen molar-refractivity contribution in [1.29, 1.82) is 0 Å². The number of aryl methyl sites for hydroxylation is 2. The number of hydrogen-bond donors (Lipinski definition) is 2. The molecule has 0 saturated carbocycles. The standard InChI is InChI=1S/C17H18N4O5/c1-10-6-11(2)15(9-22)12(3)14(10)8-18-19-16-5-4-13(20(23)24)7-17(16)21(25)26/h4-8,19,22H,9H2,1-3H3. The van der Waals surface area contributed by atoms with Gasteiger partial charge in [0.15, 0.2) is 0 Å². The lowest BCUT2D eigenvalue weighted by Gasteiger charge is -2.13. The molecule has 0 radical (unpaired) electrons. The minimum atomic E-state index is -0.711. The van der Waals surface area contributed by atoms with Crippen molar-refractivity contribution < 1.29 is 15.0 Å². The third kappa shape index (κ3) is 3.83. The van der Waals surface area contributed by atoms with E-state index in [0.717, 1.165) is 39.9 Å². The highest BCUT2D eigenvalue weighted by molar-refractivity contribution is 5.85. The topological polar surface area (TPSA) is 131 Å².